The van der Waals surface area contributed by atoms with Gasteiger partial charge in [-0.05, 0) is 65.6 Å². The van der Waals surface area contributed by atoms with Crippen LogP contribution in [0.4, 0.5) is 5.69 Å². The van der Waals surface area contributed by atoms with E-state index in [1.54, 1.807) is 0 Å². The summed E-state index contributed by atoms with van der Waals surface area (Å²) in [6, 6.07) is 15.4. The molecule has 0 saturated carbocycles. The summed E-state index contributed by atoms with van der Waals surface area (Å²) in [5.41, 5.74) is 0.931. The molecule has 1 fully saturated rings. The quantitative estimate of drug-likeness (QED) is 0.306. The van der Waals surface area contributed by atoms with E-state index in [1.807, 2.05) is 67.3 Å². The molecule has 0 bridgehead atoms. The monoisotopic (exact) mass is 525 g/mol. The molecule has 2 atom stereocenters. The van der Waals surface area contributed by atoms with E-state index in [2.05, 4.69) is 33.2 Å². The highest BCUT2D eigenvalue weighted by molar-refractivity contribution is 14.1. The predicted molar refractivity (Wildman–Crippen MR) is 127 cm³/mol. The first kappa shape index (κ1) is 24.4. The Labute approximate surface area is 191 Å². The summed E-state index contributed by atoms with van der Waals surface area (Å²) < 4.78 is 1.07. The molecule has 0 spiro atoms. The minimum atomic E-state index is -1.64. The molecule has 0 aliphatic carbocycles. The van der Waals surface area contributed by atoms with Gasteiger partial charge in [-0.1, -0.05) is 38.1 Å². The van der Waals surface area contributed by atoms with Gasteiger partial charge in [-0.3, -0.25) is 9.59 Å². The molecule has 2 amide bonds. The summed E-state index contributed by atoms with van der Waals surface area (Å²) in [4.78, 5) is 26.7. The van der Waals surface area contributed by atoms with Crippen LogP contribution < -0.4 is 15.5 Å². The van der Waals surface area contributed by atoms with Crippen molar-refractivity contribution in [2.24, 2.45) is 5.92 Å². The second-order valence-corrected chi connectivity index (χ2v) is 8.92. The Bertz CT molecular complexity index is 792. The minimum Gasteiger partial charge on any atom is -0.426 e. The van der Waals surface area contributed by atoms with Gasteiger partial charge < -0.3 is 25.6 Å². The maximum Gasteiger partial charge on any atom is 0.475 e. The molecule has 30 heavy (non-hydrogen) atoms. The summed E-state index contributed by atoms with van der Waals surface area (Å²) in [5.74, 6) is -1.23. The molecular weight excluding hydrogens is 496 g/mol. The molecule has 162 valence electrons. The van der Waals surface area contributed by atoms with Gasteiger partial charge in [-0.15, -0.1) is 0 Å². The Morgan fingerprint density at radius 2 is 1.87 bits per heavy atom. The number of hydrogen-bond donors (Lipinski definition) is 4. The fraction of sp³-hybridized carbons (Fsp3) is 0.429. The number of rotatable bonds is 8. The normalized spacial score (nSPS) is 16.2. The molecule has 7 nitrogen and oxygen atoms in total. The molecule has 0 aromatic heterocycles. The van der Waals surface area contributed by atoms with Gasteiger partial charge in [0.1, 0.15) is 6.04 Å². The van der Waals surface area contributed by atoms with E-state index in [9.17, 15) is 19.6 Å². The van der Waals surface area contributed by atoms with Gasteiger partial charge in [0.15, 0.2) is 0 Å². The van der Waals surface area contributed by atoms with Crippen LogP contribution in [-0.2, 0) is 9.59 Å². The van der Waals surface area contributed by atoms with E-state index >= 15 is 0 Å². The number of amides is 2. The molecular formula is C21H29BIN3O4. The number of hydrogen-bond acceptors (Lipinski definition) is 5. The van der Waals surface area contributed by atoms with Gasteiger partial charge in [-0.2, -0.15) is 0 Å². The molecule has 2 rings (SSSR count). The summed E-state index contributed by atoms with van der Waals surface area (Å²) >= 11 is 2.25. The van der Waals surface area contributed by atoms with Crippen LogP contribution in [0.15, 0.2) is 48.5 Å². The van der Waals surface area contributed by atoms with Crippen LogP contribution in [0.2, 0.25) is 0 Å². The fourth-order valence-electron chi connectivity index (χ4n) is 3.17. The van der Waals surface area contributed by atoms with Crippen molar-refractivity contribution in [3.05, 3.63) is 52.1 Å². The first-order chi connectivity index (χ1) is 14.3. The third-order valence-electron chi connectivity index (χ3n) is 4.78. The van der Waals surface area contributed by atoms with E-state index in [0.29, 0.717) is 12.8 Å². The molecule has 1 aliphatic rings. The molecule has 0 unspecified atom stereocenters. The lowest BCUT2D eigenvalue weighted by Gasteiger charge is -2.41. The molecule has 1 aliphatic heterocycles. The number of nitrogens with zero attached hydrogens (tertiary/aromatic N) is 1. The van der Waals surface area contributed by atoms with Crippen LogP contribution in [0.5, 0.6) is 0 Å². The van der Waals surface area contributed by atoms with Crippen LogP contribution in [0.1, 0.15) is 26.7 Å². The topological polar surface area (TPSA) is 102 Å². The largest absolute Gasteiger partial charge is 0.475 e. The van der Waals surface area contributed by atoms with Crippen molar-refractivity contribution in [2.45, 2.75) is 38.7 Å². The zero-order valence-corrected chi connectivity index (χ0v) is 19.5. The van der Waals surface area contributed by atoms with Gasteiger partial charge in [0.25, 0.3) is 0 Å². The lowest BCUT2D eigenvalue weighted by atomic mass is 9.75. The lowest BCUT2D eigenvalue weighted by Crippen LogP contribution is -2.58. The van der Waals surface area contributed by atoms with Gasteiger partial charge in [-0.25, -0.2) is 0 Å². The van der Waals surface area contributed by atoms with E-state index < -0.39 is 19.0 Å². The first-order valence-electron chi connectivity index (χ1n) is 10.1. The van der Waals surface area contributed by atoms with Gasteiger partial charge in [0.05, 0.1) is 12.5 Å². The average molecular weight is 525 g/mol. The molecule has 9 heteroatoms. The highest BCUT2D eigenvalue weighted by atomic mass is 127. The Kier molecular flexibility index (Phi) is 9.86. The Balaban J connectivity index is 1.96. The fourth-order valence-corrected chi connectivity index (χ4v) is 3.56. The van der Waals surface area contributed by atoms with Crippen LogP contribution in [0.3, 0.4) is 0 Å². The summed E-state index contributed by atoms with van der Waals surface area (Å²) in [7, 11) is -1.64. The Morgan fingerprint density at radius 3 is 2.47 bits per heavy atom. The summed E-state index contributed by atoms with van der Waals surface area (Å²) in [5, 5.41) is 24.1. The number of nitrogens with one attached hydrogen (secondary N) is 2. The summed E-state index contributed by atoms with van der Waals surface area (Å²) in [6.07, 6.45) is 1.14. The Morgan fingerprint density at radius 1 is 1.17 bits per heavy atom. The molecule has 1 heterocycles. The molecule has 1 aromatic carbocycles. The predicted octanol–water partition coefficient (Wildman–Crippen LogP) is 1.65. The lowest BCUT2D eigenvalue weighted by molar-refractivity contribution is -0.127. The minimum absolute atomic E-state index is 0.191. The maximum absolute atomic E-state index is 12.6. The standard InChI is InChI=1S/C21H29BIN3O4/c1-15(2)13-19(22(29)30)25-20(27)14-24-21(28)18-11-12-26(18)17-8-6-4-3-5-7-16(23)9-10-17/h3-10,15,18-19,29-30H,11-14H2,1-2H3,(H,24,28)(H,25,27)/t18-,19-/m0/s1. The highest BCUT2D eigenvalue weighted by Gasteiger charge is 2.34. The van der Waals surface area contributed by atoms with Crippen molar-refractivity contribution in [3.8, 4) is 0 Å². The zero-order chi connectivity index (χ0) is 22.1. The number of halogens is 1. The molecule has 1 aromatic rings. The first-order valence-corrected chi connectivity index (χ1v) is 11.1. The van der Waals surface area contributed by atoms with Gasteiger partial charge >= 0.3 is 7.12 Å². The maximum atomic E-state index is 12.6. The van der Waals surface area contributed by atoms with E-state index in [1.165, 1.54) is 0 Å². The number of carbonyl (C=O) groups is 2. The highest BCUT2D eigenvalue weighted by Crippen LogP contribution is 2.25. The van der Waals surface area contributed by atoms with Crippen molar-refractivity contribution in [1.82, 2.24) is 10.6 Å². The molecule has 4 N–H and O–H groups in total. The van der Waals surface area contributed by atoms with Crippen molar-refractivity contribution in [3.63, 3.8) is 0 Å². The van der Waals surface area contributed by atoms with E-state index in [0.717, 1.165) is 15.8 Å². The summed E-state index contributed by atoms with van der Waals surface area (Å²) in [6.45, 7) is 4.42. The Hall–Kier alpha value is -1.85. The average Bonchev–Trinajstić information content (AvgIpc) is 2.65. The van der Waals surface area contributed by atoms with Crippen LogP contribution in [0.25, 0.3) is 0 Å². The van der Waals surface area contributed by atoms with Crippen molar-refractivity contribution in [2.75, 3.05) is 18.0 Å². The van der Waals surface area contributed by atoms with Crippen molar-refractivity contribution >= 4 is 47.2 Å². The van der Waals surface area contributed by atoms with E-state index in [-0.39, 0.29) is 24.4 Å². The van der Waals surface area contributed by atoms with Crippen molar-refractivity contribution in [1.29, 1.82) is 0 Å². The smallest absolute Gasteiger partial charge is 0.426 e. The second kappa shape index (κ2) is 12.1. The van der Waals surface area contributed by atoms with Crippen LogP contribution in [0, 0.1) is 9.49 Å². The van der Waals surface area contributed by atoms with Gasteiger partial charge in [0, 0.05) is 15.8 Å². The molecule has 1 saturated heterocycles. The van der Waals surface area contributed by atoms with Crippen molar-refractivity contribution < 1.29 is 19.6 Å². The van der Waals surface area contributed by atoms with Gasteiger partial charge in [0.2, 0.25) is 11.8 Å². The second-order valence-electron chi connectivity index (χ2n) is 7.68. The number of anilines is 1. The van der Waals surface area contributed by atoms with Crippen LogP contribution >= 0.6 is 22.6 Å². The van der Waals surface area contributed by atoms with Crippen LogP contribution in [-0.4, -0.2) is 54.1 Å². The SMILES string of the molecule is CC(C)C[C@H](NC(=O)CNC(=O)[C@@H]1CCN1c1ccccccc(I)cc1)B(O)O. The third-order valence-corrected chi connectivity index (χ3v) is 5.50. The third kappa shape index (κ3) is 7.77. The zero-order valence-electron chi connectivity index (χ0n) is 17.3. The van der Waals surface area contributed by atoms with E-state index in [4.69, 9.17) is 0 Å². The molecule has 0 radical (unpaired) electrons. The number of carbonyl (C=O) groups excluding carboxylic acids is 2.